The van der Waals surface area contributed by atoms with E-state index in [0.29, 0.717) is 25.2 Å². The standard InChI is InChI=1S/C11H17N5O3/c1-11(9(17)18)4-3-5-16(11)10(19)12-6-8-14-13-7-15(8)2/h7H,3-6H2,1-2H3,(H,12,19)(H,17,18). The van der Waals surface area contributed by atoms with Crippen molar-refractivity contribution in [1.29, 1.82) is 0 Å². The summed E-state index contributed by atoms with van der Waals surface area (Å²) in [5.41, 5.74) is -1.12. The molecule has 0 spiro atoms. The first kappa shape index (κ1) is 13.3. The molecule has 1 saturated heterocycles. The summed E-state index contributed by atoms with van der Waals surface area (Å²) in [6.45, 7) is 2.25. The van der Waals surface area contributed by atoms with Gasteiger partial charge in [-0.15, -0.1) is 10.2 Å². The van der Waals surface area contributed by atoms with Gasteiger partial charge in [-0.25, -0.2) is 9.59 Å². The third-order valence-corrected chi connectivity index (χ3v) is 3.55. The number of carboxylic acid groups (broad SMARTS) is 1. The third kappa shape index (κ3) is 2.38. The predicted molar refractivity (Wildman–Crippen MR) is 65.2 cm³/mol. The maximum absolute atomic E-state index is 12.1. The fraction of sp³-hybridized carbons (Fsp3) is 0.636. The number of aromatic nitrogens is 3. The molecule has 0 aromatic carbocycles. The third-order valence-electron chi connectivity index (χ3n) is 3.55. The van der Waals surface area contributed by atoms with Gasteiger partial charge in [0.15, 0.2) is 5.82 Å². The molecule has 0 radical (unpaired) electrons. The van der Waals surface area contributed by atoms with Crippen LogP contribution in [-0.4, -0.2) is 48.9 Å². The zero-order valence-corrected chi connectivity index (χ0v) is 11.0. The van der Waals surface area contributed by atoms with E-state index in [1.807, 2.05) is 0 Å². The van der Waals surface area contributed by atoms with Gasteiger partial charge in [0.25, 0.3) is 0 Å². The molecule has 1 aromatic rings. The quantitative estimate of drug-likeness (QED) is 0.800. The molecule has 8 nitrogen and oxygen atoms in total. The number of urea groups is 1. The van der Waals surface area contributed by atoms with E-state index in [2.05, 4.69) is 15.5 Å². The highest BCUT2D eigenvalue weighted by Crippen LogP contribution is 2.29. The second-order valence-electron chi connectivity index (χ2n) is 4.85. The van der Waals surface area contributed by atoms with Crippen molar-refractivity contribution in [2.24, 2.45) is 7.05 Å². The van der Waals surface area contributed by atoms with E-state index in [4.69, 9.17) is 0 Å². The Hall–Kier alpha value is -2.12. The predicted octanol–water partition coefficient (Wildman–Crippen LogP) is -0.0362. The first-order valence-electron chi connectivity index (χ1n) is 6.07. The maximum Gasteiger partial charge on any atom is 0.329 e. The van der Waals surface area contributed by atoms with Gasteiger partial charge in [0, 0.05) is 13.6 Å². The molecule has 1 atom stereocenters. The minimum atomic E-state index is -1.12. The van der Waals surface area contributed by atoms with Gasteiger partial charge in [-0.1, -0.05) is 0 Å². The molecule has 1 aliphatic rings. The van der Waals surface area contributed by atoms with E-state index < -0.39 is 11.5 Å². The van der Waals surface area contributed by atoms with Crippen LogP contribution in [0.2, 0.25) is 0 Å². The van der Waals surface area contributed by atoms with Crippen molar-refractivity contribution in [1.82, 2.24) is 25.0 Å². The zero-order valence-electron chi connectivity index (χ0n) is 11.0. The molecule has 0 aliphatic carbocycles. The van der Waals surface area contributed by atoms with Crippen LogP contribution in [0.25, 0.3) is 0 Å². The lowest BCUT2D eigenvalue weighted by Gasteiger charge is -2.31. The SMILES string of the molecule is Cn1cnnc1CNC(=O)N1CCCC1(C)C(=O)O. The van der Waals surface area contributed by atoms with E-state index in [1.54, 1.807) is 24.9 Å². The Morgan fingerprint density at radius 2 is 2.32 bits per heavy atom. The van der Waals surface area contributed by atoms with Crippen LogP contribution in [0.15, 0.2) is 6.33 Å². The molecule has 2 N–H and O–H groups in total. The summed E-state index contributed by atoms with van der Waals surface area (Å²) in [6, 6.07) is -0.384. The highest BCUT2D eigenvalue weighted by Gasteiger charge is 2.45. The number of carbonyl (C=O) groups is 2. The van der Waals surface area contributed by atoms with Gasteiger partial charge in [-0.3, -0.25) is 0 Å². The fourth-order valence-corrected chi connectivity index (χ4v) is 2.23. The van der Waals surface area contributed by atoms with E-state index in [-0.39, 0.29) is 12.6 Å². The Balaban J connectivity index is 2.00. The largest absolute Gasteiger partial charge is 0.480 e. The molecule has 2 heterocycles. The molecule has 2 rings (SSSR count). The van der Waals surface area contributed by atoms with Crippen molar-refractivity contribution in [3.63, 3.8) is 0 Å². The van der Waals surface area contributed by atoms with Crippen molar-refractivity contribution in [3.8, 4) is 0 Å². The molecule has 2 amide bonds. The van der Waals surface area contributed by atoms with Crippen LogP contribution in [0.5, 0.6) is 0 Å². The molecule has 1 aliphatic heterocycles. The molecule has 0 saturated carbocycles. The van der Waals surface area contributed by atoms with Crippen molar-refractivity contribution in [2.75, 3.05) is 6.54 Å². The van der Waals surface area contributed by atoms with E-state index in [0.717, 1.165) is 0 Å². The number of aryl methyl sites for hydroxylation is 1. The number of hydrogen-bond donors (Lipinski definition) is 2. The minimum Gasteiger partial charge on any atom is -0.480 e. The summed E-state index contributed by atoms with van der Waals surface area (Å²) in [5.74, 6) is -0.358. The van der Waals surface area contributed by atoms with Crippen LogP contribution in [0.4, 0.5) is 4.79 Å². The second kappa shape index (κ2) is 4.87. The van der Waals surface area contributed by atoms with Crippen molar-refractivity contribution in [3.05, 3.63) is 12.2 Å². The molecule has 1 unspecified atom stereocenters. The number of amides is 2. The molecule has 1 aromatic heterocycles. The van der Waals surface area contributed by atoms with Crippen LogP contribution in [0.1, 0.15) is 25.6 Å². The van der Waals surface area contributed by atoms with Crippen molar-refractivity contribution < 1.29 is 14.7 Å². The van der Waals surface area contributed by atoms with Crippen molar-refractivity contribution >= 4 is 12.0 Å². The number of rotatable bonds is 3. The summed E-state index contributed by atoms with van der Waals surface area (Å²) in [7, 11) is 1.78. The van der Waals surface area contributed by atoms with Crippen LogP contribution in [0, 0.1) is 0 Å². The molecule has 19 heavy (non-hydrogen) atoms. The van der Waals surface area contributed by atoms with Crippen LogP contribution in [0.3, 0.4) is 0 Å². The van der Waals surface area contributed by atoms with E-state index >= 15 is 0 Å². The normalized spacial score (nSPS) is 22.5. The Morgan fingerprint density at radius 1 is 1.58 bits per heavy atom. The monoisotopic (exact) mass is 267 g/mol. The minimum absolute atomic E-state index is 0.224. The average molecular weight is 267 g/mol. The first-order chi connectivity index (χ1) is 8.95. The van der Waals surface area contributed by atoms with Gasteiger partial charge >= 0.3 is 12.0 Å². The van der Waals surface area contributed by atoms with Gasteiger partial charge in [0.05, 0.1) is 6.54 Å². The number of carboxylic acids is 1. The second-order valence-corrected chi connectivity index (χ2v) is 4.85. The molecular formula is C11H17N5O3. The topological polar surface area (TPSA) is 100 Å². The van der Waals surface area contributed by atoms with Gasteiger partial charge in [0.2, 0.25) is 0 Å². The number of nitrogens with zero attached hydrogens (tertiary/aromatic N) is 4. The Labute approximate surface area is 110 Å². The lowest BCUT2D eigenvalue weighted by molar-refractivity contribution is -0.147. The van der Waals surface area contributed by atoms with Crippen LogP contribution >= 0.6 is 0 Å². The summed E-state index contributed by atoms with van der Waals surface area (Å²) < 4.78 is 1.70. The first-order valence-corrected chi connectivity index (χ1v) is 6.07. The lowest BCUT2D eigenvalue weighted by Crippen LogP contribution is -2.54. The zero-order chi connectivity index (χ0) is 14.0. The van der Waals surface area contributed by atoms with E-state index in [9.17, 15) is 14.7 Å². The molecule has 104 valence electrons. The summed E-state index contributed by atoms with van der Waals surface area (Å²) >= 11 is 0. The van der Waals surface area contributed by atoms with Gasteiger partial charge < -0.3 is 19.9 Å². The number of hydrogen-bond acceptors (Lipinski definition) is 4. The lowest BCUT2D eigenvalue weighted by atomic mass is 10.00. The molecular weight excluding hydrogens is 250 g/mol. The smallest absolute Gasteiger partial charge is 0.329 e. The highest BCUT2D eigenvalue weighted by molar-refractivity contribution is 5.86. The van der Waals surface area contributed by atoms with Crippen molar-refractivity contribution in [2.45, 2.75) is 31.8 Å². The summed E-state index contributed by atoms with van der Waals surface area (Å²) in [6.07, 6.45) is 2.71. The highest BCUT2D eigenvalue weighted by atomic mass is 16.4. The molecule has 1 fully saturated rings. The summed E-state index contributed by atoms with van der Waals surface area (Å²) in [5, 5.41) is 19.5. The fourth-order valence-electron chi connectivity index (χ4n) is 2.23. The Bertz CT molecular complexity index is 500. The van der Waals surface area contributed by atoms with Gasteiger partial charge in [0.1, 0.15) is 11.9 Å². The number of nitrogens with one attached hydrogen (secondary N) is 1. The molecule has 8 heteroatoms. The van der Waals surface area contributed by atoms with E-state index in [1.165, 1.54) is 4.90 Å². The number of aliphatic carboxylic acids is 1. The number of likely N-dealkylation sites (tertiary alicyclic amines) is 1. The summed E-state index contributed by atoms with van der Waals surface area (Å²) in [4.78, 5) is 24.7. The average Bonchev–Trinajstić information content (AvgIpc) is 2.93. The van der Waals surface area contributed by atoms with Crippen LogP contribution < -0.4 is 5.32 Å². The van der Waals surface area contributed by atoms with Gasteiger partial charge in [-0.2, -0.15) is 0 Å². The Kier molecular flexibility index (Phi) is 3.41. The molecule has 0 bridgehead atoms. The van der Waals surface area contributed by atoms with Crippen LogP contribution in [-0.2, 0) is 18.4 Å². The Morgan fingerprint density at radius 3 is 2.89 bits per heavy atom. The van der Waals surface area contributed by atoms with Gasteiger partial charge in [-0.05, 0) is 19.8 Å². The number of carbonyl (C=O) groups excluding carboxylic acids is 1. The maximum atomic E-state index is 12.1.